The number of hydrogen-bond acceptors (Lipinski definition) is 4. The van der Waals surface area contributed by atoms with Crippen molar-refractivity contribution in [2.24, 2.45) is 0 Å². The molecule has 2 atom stereocenters. The van der Waals surface area contributed by atoms with Gasteiger partial charge < -0.3 is 14.8 Å². The van der Waals surface area contributed by atoms with E-state index in [-0.39, 0.29) is 12.0 Å². The summed E-state index contributed by atoms with van der Waals surface area (Å²) in [6.07, 6.45) is 1.49. The SMILES string of the molecule is CC[C@H](C)Oc1ccc(NC(=O)[C@](C)(CC)OC)c(C#N)c1. The Balaban J connectivity index is 2.97. The van der Waals surface area contributed by atoms with Gasteiger partial charge in [-0.1, -0.05) is 13.8 Å². The number of anilines is 1. The fourth-order valence-electron chi connectivity index (χ4n) is 1.77. The fourth-order valence-corrected chi connectivity index (χ4v) is 1.77. The third kappa shape index (κ3) is 4.22. The van der Waals surface area contributed by atoms with E-state index < -0.39 is 5.60 Å². The molecule has 1 amide bonds. The van der Waals surface area contributed by atoms with Crippen LogP contribution >= 0.6 is 0 Å². The predicted octanol–water partition coefficient (Wildman–Crippen LogP) is 3.49. The van der Waals surface area contributed by atoms with Crippen LogP contribution < -0.4 is 10.1 Å². The molecule has 1 aromatic rings. The first-order valence-corrected chi connectivity index (χ1v) is 7.47. The van der Waals surface area contributed by atoms with Crippen molar-refractivity contribution in [3.05, 3.63) is 23.8 Å². The smallest absolute Gasteiger partial charge is 0.256 e. The van der Waals surface area contributed by atoms with Crippen molar-refractivity contribution in [3.63, 3.8) is 0 Å². The number of nitrogens with zero attached hydrogens (tertiary/aromatic N) is 1. The predicted molar refractivity (Wildman–Crippen MR) is 85.9 cm³/mol. The number of nitriles is 1. The number of rotatable bonds is 7. The Morgan fingerprint density at radius 1 is 1.45 bits per heavy atom. The summed E-state index contributed by atoms with van der Waals surface area (Å²) < 4.78 is 11.0. The van der Waals surface area contributed by atoms with Crippen LogP contribution in [-0.2, 0) is 9.53 Å². The lowest BCUT2D eigenvalue weighted by Crippen LogP contribution is -2.41. The zero-order chi connectivity index (χ0) is 16.8. The molecular weight excluding hydrogens is 280 g/mol. The molecule has 0 aliphatic heterocycles. The molecule has 1 aromatic carbocycles. The quantitative estimate of drug-likeness (QED) is 0.837. The summed E-state index contributed by atoms with van der Waals surface area (Å²) in [6, 6.07) is 7.15. The first-order chi connectivity index (χ1) is 10.4. The minimum atomic E-state index is -0.918. The maximum absolute atomic E-state index is 12.3. The number of nitrogens with one attached hydrogen (secondary N) is 1. The summed E-state index contributed by atoms with van der Waals surface area (Å²) in [4.78, 5) is 12.3. The van der Waals surface area contributed by atoms with Crippen molar-refractivity contribution in [2.75, 3.05) is 12.4 Å². The molecule has 0 aromatic heterocycles. The minimum absolute atomic E-state index is 0.0730. The third-order valence-corrected chi connectivity index (χ3v) is 3.88. The van der Waals surface area contributed by atoms with Gasteiger partial charge in [0.15, 0.2) is 0 Å². The standard InChI is InChI=1S/C17H24N2O3/c1-6-12(3)22-14-8-9-15(13(10-14)11-18)19-16(20)17(4,7-2)21-5/h8-10,12H,6-7H2,1-5H3,(H,19,20)/t12-,17-/m0/s1. The topological polar surface area (TPSA) is 71.3 Å². The molecular formula is C17H24N2O3. The average molecular weight is 304 g/mol. The molecule has 0 saturated heterocycles. The molecule has 1 rings (SSSR count). The van der Waals surface area contributed by atoms with Gasteiger partial charge in [0.05, 0.1) is 17.4 Å². The minimum Gasteiger partial charge on any atom is -0.491 e. The van der Waals surface area contributed by atoms with Gasteiger partial charge >= 0.3 is 0 Å². The fraction of sp³-hybridized carbons (Fsp3) is 0.529. The summed E-state index contributed by atoms with van der Waals surface area (Å²) in [5.74, 6) is 0.346. The molecule has 5 heteroatoms. The van der Waals surface area contributed by atoms with Gasteiger partial charge in [-0.25, -0.2) is 0 Å². The van der Waals surface area contributed by atoms with Gasteiger partial charge in [-0.2, -0.15) is 5.26 Å². The zero-order valence-corrected chi connectivity index (χ0v) is 13.9. The Morgan fingerprint density at radius 3 is 2.64 bits per heavy atom. The molecule has 0 heterocycles. The van der Waals surface area contributed by atoms with Gasteiger partial charge in [-0.3, -0.25) is 4.79 Å². The molecule has 0 aliphatic carbocycles. The van der Waals surface area contributed by atoms with Gasteiger partial charge in [-0.15, -0.1) is 0 Å². The lowest BCUT2D eigenvalue weighted by Gasteiger charge is -2.25. The van der Waals surface area contributed by atoms with Gasteiger partial charge in [0.25, 0.3) is 5.91 Å². The highest BCUT2D eigenvalue weighted by atomic mass is 16.5. The Kier molecular flexibility index (Phi) is 6.39. The molecule has 22 heavy (non-hydrogen) atoms. The zero-order valence-electron chi connectivity index (χ0n) is 13.9. The van der Waals surface area contributed by atoms with Crippen molar-refractivity contribution >= 4 is 11.6 Å². The van der Waals surface area contributed by atoms with E-state index in [1.807, 2.05) is 20.8 Å². The molecule has 0 aliphatic rings. The highest BCUT2D eigenvalue weighted by Crippen LogP contribution is 2.25. The number of methoxy groups -OCH3 is 1. The highest BCUT2D eigenvalue weighted by Gasteiger charge is 2.31. The molecule has 0 unspecified atom stereocenters. The van der Waals surface area contributed by atoms with Crippen molar-refractivity contribution in [1.29, 1.82) is 5.26 Å². The maximum Gasteiger partial charge on any atom is 0.256 e. The molecule has 5 nitrogen and oxygen atoms in total. The molecule has 1 N–H and O–H groups in total. The second-order valence-electron chi connectivity index (χ2n) is 5.40. The van der Waals surface area contributed by atoms with E-state index in [0.717, 1.165) is 6.42 Å². The summed E-state index contributed by atoms with van der Waals surface area (Å²) >= 11 is 0. The molecule has 0 saturated carbocycles. The highest BCUT2D eigenvalue weighted by molar-refractivity contribution is 5.98. The summed E-state index contributed by atoms with van der Waals surface area (Å²) in [6.45, 7) is 7.58. The van der Waals surface area contributed by atoms with E-state index in [1.165, 1.54) is 7.11 Å². The molecule has 0 radical (unpaired) electrons. The van der Waals surface area contributed by atoms with Crippen LogP contribution in [0, 0.1) is 11.3 Å². The van der Waals surface area contributed by atoms with E-state index in [9.17, 15) is 10.1 Å². The van der Waals surface area contributed by atoms with E-state index in [2.05, 4.69) is 11.4 Å². The Hall–Kier alpha value is -2.06. The van der Waals surface area contributed by atoms with Gasteiger partial charge in [0.2, 0.25) is 0 Å². The largest absolute Gasteiger partial charge is 0.491 e. The molecule has 0 bridgehead atoms. The van der Waals surface area contributed by atoms with Crippen LogP contribution in [0.15, 0.2) is 18.2 Å². The van der Waals surface area contributed by atoms with Crippen LogP contribution in [0.3, 0.4) is 0 Å². The lowest BCUT2D eigenvalue weighted by molar-refractivity contribution is -0.136. The van der Waals surface area contributed by atoms with Crippen molar-refractivity contribution in [3.8, 4) is 11.8 Å². The third-order valence-electron chi connectivity index (χ3n) is 3.88. The van der Waals surface area contributed by atoms with Crippen LogP contribution in [0.5, 0.6) is 5.75 Å². The number of carbonyl (C=O) groups is 1. The first-order valence-electron chi connectivity index (χ1n) is 7.47. The normalized spacial score (nSPS) is 14.5. The van der Waals surface area contributed by atoms with Crippen LogP contribution in [-0.4, -0.2) is 24.7 Å². The van der Waals surface area contributed by atoms with E-state index >= 15 is 0 Å². The van der Waals surface area contributed by atoms with Crippen molar-refractivity contribution in [2.45, 2.75) is 52.2 Å². The first kappa shape index (κ1) is 18.0. The van der Waals surface area contributed by atoms with Gasteiger partial charge in [-0.05, 0) is 38.8 Å². The van der Waals surface area contributed by atoms with Crippen LogP contribution in [0.25, 0.3) is 0 Å². The number of carbonyl (C=O) groups excluding carboxylic acids is 1. The molecule has 0 spiro atoms. The van der Waals surface area contributed by atoms with Gasteiger partial charge in [0.1, 0.15) is 17.4 Å². The Morgan fingerprint density at radius 2 is 2.14 bits per heavy atom. The summed E-state index contributed by atoms with van der Waals surface area (Å²) in [5, 5.41) is 12.0. The lowest BCUT2D eigenvalue weighted by atomic mass is 10.0. The van der Waals surface area contributed by atoms with Crippen LogP contribution in [0.1, 0.15) is 46.1 Å². The van der Waals surface area contributed by atoms with Crippen molar-refractivity contribution in [1.82, 2.24) is 0 Å². The molecule has 120 valence electrons. The number of benzene rings is 1. The van der Waals surface area contributed by atoms with E-state index in [1.54, 1.807) is 25.1 Å². The number of ether oxygens (including phenoxy) is 2. The number of hydrogen-bond donors (Lipinski definition) is 1. The second-order valence-corrected chi connectivity index (χ2v) is 5.40. The van der Waals surface area contributed by atoms with Crippen LogP contribution in [0.2, 0.25) is 0 Å². The van der Waals surface area contributed by atoms with Crippen LogP contribution in [0.4, 0.5) is 5.69 Å². The number of amides is 1. The summed E-state index contributed by atoms with van der Waals surface area (Å²) in [5.41, 5.74) is -0.0945. The van der Waals surface area contributed by atoms with Gasteiger partial charge in [0, 0.05) is 13.2 Å². The average Bonchev–Trinajstić information content (AvgIpc) is 2.54. The van der Waals surface area contributed by atoms with E-state index in [0.29, 0.717) is 23.4 Å². The molecule has 0 fully saturated rings. The second kappa shape index (κ2) is 7.81. The summed E-state index contributed by atoms with van der Waals surface area (Å²) in [7, 11) is 1.50. The van der Waals surface area contributed by atoms with Crippen molar-refractivity contribution < 1.29 is 14.3 Å². The van der Waals surface area contributed by atoms with E-state index in [4.69, 9.17) is 9.47 Å². The Bertz CT molecular complexity index is 560. The monoisotopic (exact) mass is 304 g/mol. The Labute approximate surface area is 132 Å². The maximum atomic E-state index is 12.3.